The van der Waals surface area contributed by atoms with E-state index in [0.717, 1.165) is 11.1 Å². The number of ketones is 1. The second-order valence-corrected chi connectivity index (χ2v) is 10.6. The van der Waals surface area contributed by atoms with Crippen molar-refractivity contribution in [3.05, 3.63) is 71.8 Å². The van der Waals surface area contributed by atoms with Crippen LogP contribution in [-0.4, -0.2) is 53.4 Å². The maximum absolute atomic E-state index is 13.3. The largest absolute Gasteiger partial charge is 0.445 e. The van der Waals surface area contributed by atoms with Crippen molar-refractivity contribution in [3.8, 4) is 0 Å². The average Bonchev–Trinajstić information content (AvgIpc) is 2.90. The zero-order valence-corrected chi connectivity index (χ0v) is 24.3. The molecular weight excluding hydrogens is 566 g/mol. The zero-order valence-electron chi connectivity index (χ0n) is 22.7. The summed E-state index contributed by atoms with van der Waals surface area (Å²) in [6.45, 7) is 5.80. The number of carbonyl (C=O) groups excluding carboxylic acids is 4. The lowest BCUT2D eigenvalue weighted by Gasteiger charge is -2.23. The summed E-state index contributed by atoms with van der Waals surface area (Å²) in [4.78, 5) is 50.2. The molecule has 0 aliphatic heterocycles. The fourth-order valence-corrected chi connectivity index (χ4v) is 4.01. The van der Waals surface area contributed by atoms with Gasteiger partial charge in [-0.25, -0.2) is 9.59 Å². The summed E-state index contributed by atoms with van der Waals surface area (Å²) in [5, 5.41) is 8.20. The molecule has 2 atom stereocenters. The molecule has 3 amide bonds. The number of Topliss-reactive ketones (excluding diaryl/α,β-unsaturated/α-hetero) is 1. The topological polar surface area (TPSA) is 123 Å². The van der Waals surface area contributed by atoms with Gasteiger partial charge in [-0.15, -0.1) is 0 Å². The summed E-state index contributed by atoms with van der Waals surface area (Å²) in [6, 6.07) is 16.8. The van der Waals surface area contributed by atoms with Crippen molar-refractivity contribution >= 4 is 39.8 Å². The van der Waals surface area contributed by atoms with Crippen molar-refractivity contribution in [2.45, 2.75) is 70.7 Å². The third-order valence-corrected chi connectivity index (χ3v) is 6.08. The highest BCUT2D eigenvalue weighted by molar-refractivity contribution is 9.09. The quantitative estimate of drug-likeness (QED) is 0.213. The van der Waals surface area contributed by atoms with Crippen LogP contribution in [0.2, 0.25) is 0 Å². The maximum Gasteiger partial charge on any atom is 0.408 e. The van der Waals surface area contributed by atoms with Gasteiger partial charge in [0.1, 0.15) is 18.2 Å². The molecule has 0 heterocycles. The van der Waals surface area contributed by atoms with Gasteiger partial charge in [0.15, 0.2) is 5.78 Å². The van der Waals surface area contributed by atoms with E-state index in [1.165, 1.54) is 0 Å². The molecule has 0 radical (unpaired) electrons. The molecule has 0 aliphatic rings. The Balaban J connectivity index is 1.96. The third-order valence-electron chi connectivity index (χ3n) is 5.53. The number of nitrogens with one attached hydrogen (secondary N) is 3. The summed E-state index contributed by atoms with van der Waals surface area (Å²) >= 11 is 3.18. The van der Waals surface area contributed by atoms with E-state index in [0.29, 0.717) is 25.8 Å². The molecular formula is C29H38BrN3O6. The highest BCUT2D eigenvalue weighted by Gasteiger charge is 2.27. The van der Waals surface area contributed by atoms with Gasteiger partial charge >= 0.3 is 12.2 Å². The van der Waals surface area contributed by atoms with Gasteiger partial charge in [-0.3, -0.25) is 9.59 Å². The normalized spacial score (nSPS) is 12.5. The Labute approximate surface area is 238 Å². The van der Waals surface area contributed by atoms with Gasteiger partial charge in [-0.05, 0) is 51.2 Å². The Kier molecular flexibility index (Phi) is 13.5. The summed E-state index contributed by atoms with van der Waals surface area (Å²) in [5.74, 6) is -0.671. The van der Waals surface area contributed by atoms with E-state index in [1.54, 1.807) is 20.8 Å². The van der Waals surface area contributed by atoms with E-state index in [4.69, 9.17) is 9.47 Å². The predicted molar refractivity (Wildman–Crippen MR) is 153 cm³/mol. The Morgan fingerprint density at radius 3 is 2.03 bits per heavy atom. The van der Waals surface area contributed by atoms with E-state index in [9.17, 15) is 19.2 Å². The summed E-state index contributed by atoms with van der Waals surface area (Å²) in [6.07, 6.45) is 0.545. The average molecular weight is 605 g/mol. The lowest BCUT2D eigenvalue weighted by atomic mass is 10.0. The van der Waals surface area contributed by atoms with Crippen molar-refractivity contribution in [2.75, 3.05) is 11.9 Å². The number of halogens is 1. The first-order valence-corrected chi connectivity index (χ1v) is 14.1. The predicted octanol–water partition coefficient (Wildman–Crippen LogP) is 4.67. The Bertz CT molecular complexity index is 1060. The van der Waals surface area contributed by atoms with Crippen LogP contribution in [0.15, 0.2) is 60.7 Å². The molecule has 0 fully saturated rings. The van der Waals surface area contributed by atoms with E-state index >= 15 is 0 Å². The number of ether oxygens (including phenoxy) is 2. The van der Waals surface area contributed by atoms with Crippen LogP contribution in [0.4, 0.5) is 9.59 Å². The lowest BCUT2D eigenvalue weighted by molar-refractivity contribution is -0.128. The summed E-state index contributed by atoms with van der Waals surface area (Å²) < 4.78 is 10.5. The van der Waals surface area contributed by atoms with E-state index in [1.807, 2.05) is 60.7 Å². The molecule has 39 heavy (non-hydrogen) atoms. The van der Waals surface area contributed by atoms with Crippen LogP contribution in [0.1, 0.15) is 51.2 Å². The van der Waals surface area contributed by atoms with Crippen LogP contribution in [0.5, 0.6) is 0 Å². The molecule has 0 aliphatic carbocycles. The monoisotopic (exact) mass is 603 g/mol. The van der Waals surface area contributed by atoms with Crippen molar-refractivity contribution < 1.29 is 28.7 Å². The van der Waals surface area contributed by atoms with Crippen molar-refractivity contribution in [2.24, 2.45) is 0 Å². The minimum absolute atomic E-state index is 0.0639. The number of unbranched alkanes of at least 4 members (excludes halogenated alkanes) is 1. The molecule has 0 spiro atoms. The van der Waals surface area contributed by atoms with Crippen LogP contribution in [0.3, 0.4) is 0 Å². The highest BCUT2D eigenvalue weighted by atomic mass is 79.9. The second-order valence-electron chi connectivity index (χ2n) is 10.0. The first-order chi connectivity index (χ1) is 18.6. The smallest absolute Gasteiger partial charge is 0.408 e. The molecule has 0 saturated carbocycles. The first-order valence-electron chi connectivity index (χ1n) is 12.9. The lowest BCUT2D eigenvalue weighted by Crippen LogP contribution is -2.52. The molecule has 10 heteroatoms. The van der Waals surface area contributed by atoms with Gasteiger partial charge in [-0.1, -0.05) is 76.6 Å². The SMILES string of the molecule is CC(C)(C)OC(=O)NCCCC[C@@H](NC(=O)[C@@H](Cc1ccccc1)NC(=O)OCc1ccccc1)C(=O)CBr. The van der Waals surface area contributed by atoms with Crippen molar-refractivity contribution in [1.29, 1.82) is 0 Å². The standard InChI is InChI=1S/C29H38BrN3O6/c1-29(2,3)39-27(36)31-17-11-10-16-23(25(34)19-30)32-26(35)24(18-21-12-6-4-7-13-21)33-28(37)38-20-22-14-8-5-9-15-22/h4-9,12-15,23-24H,10-11,16-20H2,1-3H3,(H,31,36)(H,32,35)(H,33,37)/t23-,24-/m1/s1. The molecule has 0 saturated heterocycles. The zero-order chi connectivity index (χ0) is 28.7. The minimum atomic E-state index is -0.949. The van der Waals surface area contributed by atoms with E-state index < -0.39 is 35.8 Å². The molecule has 9 nitrogen and oxygen atoms in total. The number of amides is 3. The molecule has 0 unspecified atom stereocenters. The van der Waals surface area contributed by atoms with E-state index in [2.05, 4.69) is 31.9 Å². The van der Waals surface area contributed by atoms with Crippen LogP contribution >= 0.6 is 15.9 Å². The van der Waals surface area contributed by atoms with Gasteiger partial charge < -0.3 is 25.4 Å². The van der Waals surface area contributed by atoms with E-state index in [-0.39, 0.29) is 24.1 Å². The number of hydrogen-bond donors (Lipinski definition) is 3. The second kappa shape index (κ2) is 16.5. The first kappa shape index (κ1) is 31.8. The fraction of sp³-hybridized carbons (Fsp3) is 0.448. The third kappa shape index (κ3) is 13.3. The molecule has 2 aromatic rings. The molecule has 3 N–H and O–H groups in total. The number of rotatable bonds is 14. The van der Waals surface area contributed by atoms with Crippen LogP contribution in [0, 0.1) is 0 Å². The van der Waals surface area contributed by atoms with Gasteiger partial charge in [0.05, 0.1) is 11.4 Å². The van der Waals surface area contributed by atoms with Gasteiger partial charge in [0, 0.05) is 13.0 Å². The molecule has 0 bridgehead atoms. The maximum atomic E-state index is 13.3. The number of alkyl carbamates (subject to hydrolysis) is 2. The van der Waals surface area contributed by atoms with Crippen molar-refractivity contribution in [1.82, 2.24) is 16.0 Å². The highest BCUT2D eigenvalue weighted by Crippen LogP contribution is 2.10. The number of hydrogen-bond acceptors (Lipinski definition) is 6. The van der Waals surface area contributed by atoms with Crippen LogP contribution in [-0.2, 0) is 32.1 Å². The Morgan fingerprint density at radius 1 is 0.821 bits per heavy atom. The fourth-order valence-electron chi connectivity index (χ4n) is 3.62. The Hall–Kier alpha value is -3.40. The molecule has 2 rings (SSSR count). The van der Waals surface area contributed by atoms with Gasteiger partial charge in [0.25, 0.3) is 0 Å². The Morgan fingerprint density at radius 2 is 1.44 bits per heavy atom. The van der Waals surface area contributed by atoms with Crippen molar-refractivity contribution in [3.63, 3.8) is 0 Å². The minimum Gasteiger partial charge on any atom is -0.445 e. The molecule has 2 aromatic carbocycles. The van der Waals surface area contributed by atoms with Gasteiger partial charge in [-0.2, -0.15) is 0 Å². The summed E-state index contributed by atoms with van der Waals surface area (Å²) in [5.41, 5.74) is 1.08. The molecule has 212 valence electrons. The van der Waals surface area contributed by atoms with Crippen LogP contribution < -0.4 is 16.0 Å². The van der Waals surface area contributed by atoms with Crippen LogP contribution in [0.25, 0.3) is 0 Å². The van der Waals surface area contributed by atoms with Gasteiger partial charge in [0.2, 0.25) is 5.91 Å². The number of carbonyl (C=O) groups is 4. The number of benzene rings is 2. The summed E-state index contributed by atoms with van der Waals surface area (Å²) in [7, 11) is 0. The number of alkyl halides is 1. The molecule has 0 aromatic heterocycles.